The Bertz CT molecular complexity index is 679. The lowest BCUT2D eigenvalue weighted by Crippen LogP contribution is -2.33. The third-order valence-electron chi connectivity index (χ3n) is 3.68. The van der Waals surface area contributed by atoms with E-state index in [9.17, 15) is 10.2 Å². The predicted molar refractivity (Wildman–Crippen MR) is 77.5 cm³/mol. The molecule has 2 aromatic rings. The molecule has 1 aliphatic heterocycles. The van der Waals surface area contributed by atoms with Gasteiger partial charge in [0.15, 0.2) is 17.0 Å². The fourth-order valence-corrected chi connectivity index (χ4v) is 2.76. The maximum atomic E-state index is 10.2. The Kier molecular flexibility index (Phi) is 4.28. The average molecular weight is 329 g/mol. The van der Waals surface area contributed by atoms with Gasteiger partial charge in [-0.05, 0) is 0 Å². The average Bonchev–Trinajstić information content (AvgIpc) is 3.04. The molecule has 1 aliphatic rings. The summed E-state index contributed by atoms with van der Waals surface area (Å²) in [6.45, 7) is 2.09. The van der Waals surface area contributed by atoms with Gasteiger partial charge in [0.1, 0.15) is 29.7 Å². The Labute approximate surface area is 131 Å². The number of aliphatic hydroxyl groups excluding tert-OH is 2. The molecule has 1 saturated heterocycles. The molecule has 3 heterocycles. The monoisotopic (exact) mass is 328 g/mol. The summed E-state index contributed by atoms with van der Waals surface area (Å²) in [6.07, 6.45) is -1.51. The smallest absolute Gasteiger partial charge is 0.167 e. The van der Waals surface area contributed by atoms with Crippen LogP contribution < -0.4 is 0 Å². The first-order valence-corrected chi connectivity index (χ1v) is 7.34. The number of ether oxygens (including phenoxy) is 2. The van der Waals surface area contributed by atoms with E-state index in [0.29, 0.717) is 23.4 Å². The highest BCUT2D eigenvalue weighted by molar-refractivity contribution is 6.33. The van der Waals surface area contributed by atoms with Gasteiger partial charge >= 0.3 is 0 Å². The number of nitrogens with zero attached hydrogens (tertiary/aromatic N) is 4. The zero-order chi connectivity index (χ0) is 15.9. The molecule has 4 atom stereocenters. The first-order chi connectivity index (χ1) is 10.6. The number of halogens is 1. The summed E-state index contributed by atoms with van der Waals surface area (Å²) < 4.78 is 12.2. The number of imidazole rings is 1. The van der Waals surface area contributed by atoms with Gasteiger partial charge in [-0.25, -0.2) is 15.0 Å². The van der Waals surface area contributed by atoms with Crippen LogP contribution >= 0.6 is 11.6 Å². The lowest BCUT2D eigenvalue weighted by atomic mass is 10.1. The number of hydrogen-bond acceptors (Lipinski definition) is 7. The highest BCUT2D eigenvalue weighted by Gasteiger charge is 2.44. The van der Waals surface area contributed by atoms with Crippen molar-refractivity contribution in [2.45, 2.75) is 37.9 Å². The van der Waals surface area contributed by atoms with Gasteiger partial charge < -0.3 is 19.7 Å². The zero-order valence-electron chi connectivity index (χ0n) is 12.2. The fraction of sp³-hybridized carbons (Fsp3) is 0.615. The van der Waals surface area contributed by atoms with Gasteiger partial charge in [-0.3, -0.25) is 4.57 Å². The van der Waals surface area contributed by atoms with Crippen molar-refractivity contribution < 1.29 is 19.7 Å². The van der Waals surface area contributed by atoms with Crippen molar-refractivity contribution in [2.75, 3.05) is 13.7 Å². The van der Waals surface area contributed by atoms with Gasteiger partial charge in [0.2, 0.25) is 0 Å². The minimum Gasteiger partial charge on any atom is -0.387 e. The number of aryl methyl sites for hydroxylation is 1. The van der Waals surface area contributed by atoms with Gasteiger partial charge in [-0.2, -0.15) is 0 Å². The Balaban J connectivity index is 2.01. The summed E-state index contributed by atoms with van der Waals surface area (Å²) in [6, 6.07) is 0. The maximum absolute atomic E-state index is 10.2. The number of aromatic nitrogens is 4. The zero-order valence-corrected chi connectivity index (χ0v) is 12.9. The van der Waals surface area contributed by atoms with E-state index in [0.717, 1.165) is 0 Å². The topological polar surface area (TPSA) is 103 Å². The van der Waals surface area contributed by atoms with E-state index in [-0.39, 0.29) is 11.8 Å². The second-order valence-electron chi connectivity index (χ2n) is 5.11. The Morgan fingerprint density at radius 2 is 2.14 bits per heavy atom. The largest absolute Gasteiger partial charge is 0.387 e. The molecule has 0 bridgehead atoms. The van der Waals surface area contributed by atoms with Crippen LogP contribution in [-0.4, -0.2) is 61.8 Å². The number of rotatable bonds is 4. The van der Waals surface area contributed by atoms with Gasteiger partial charge in [-0.15, -0.1) is 0 Å². The molecule has 0 radical (unpaired) electrons. The predicted octanol–water partition coefficient (Wildman–Crippen LogP) is 0.308. The molecule has 0 aromatic carbocycles. The molecule has 2 aromatic heterocycles. The van der Waals surface area contributed by atoms with Crippen molar-refractivity contribution in [3.63, 3.8) is 0 Å². The molecule has 22 heavy (non-hydrogen) atoms. The number of aliphatic hydroxyl groups is 2. The standard InChI is InChI=1S/C13H17ClN4O4/c1-3-7-16-11(14)8-12(17-7)18(5-15-8)13-10(20)9(19)6(22-13)4-21-2/h5-6,9-10,13,19-20H,3-4H2,1-2H3/t6-,9-,10-,13-/m1/s1. The van der Waals surface area contributed by atoms with Crippen LogP contribution in [0.4, 0.5) is 0 Å². The summed E-state index contributed by atoms with van der Waals surface area (Å²) in [5, 5.41) is 20.5. The summed E-state index contributed by atoms with van der Waals surface area (Å²) in [5.41, 5.74) is 0.894. The van der Waals surface area contributed by atoms with Crippen LogP contribution in [0.2, 0.25) is 5.15 Å². The van der Waals surface area contributed by atoms with E-state index in [4.69, 9.17) is 21.1 Å². The van der Waals surface area contributed by atoms with Crippen LogP contribution in [0.25, 0.3) is 11.2 Å². The molecule has 120 valence electrons. The minimum atomic E-state index is -1.11. The van der Waals surface area contributed by atoms with Crippen molar-refractivity contribution in [2.24, 2.45) is 0 Å². The Morgan fingerprint density at radius 1 is 1.36 bits per heavy atom. The van der Waals surface area contributed by atoms with Crippen molar-refractivity contribution in [1.82, 2.24) is 19.5 Å². The van der Waals surface area contributed by atoms with E-state index < -0.39 is 24.5 Å². The van der Waals surface area contributed by atoms with E-state index in [1.807, 2.05) is 6.92 Å². The van der Waals surface area contributed by atoms with Crippen LogP contribution in [-0.2, 0) is 15.9 Å². The molecule has 3 rings (SSSR count). The summed E-state index contributed by atoms with van der Waals surface area (Å²) in [5.74, 6) is 0.570. The second kappa shape index (κ2) is 6.05. The highest BCUT2D eigenvalue weighted by atomic mass is 35.5. The lowest BCUT2D eigenvalue weighted by Gasteiger charge is -2.16. The third kappa shape index (κ3) is 2.46. The fourth-order valence-electron chi connectivity index (χ4n) is 2.53. The maximum Gasteiger partial charge on any atom is 0.167 e. The SMILES string of the molecule is CCc1nc(Cl)c2ncn([C@@H]3O[C@H](COC)[C@@H](O)[C@H]3O)c2n1. The van der Waals surface area contributed by atoms with Crippen molar-refractivity contribution >= 4 is 22.8 Å². The Hall–Kier alpha value is -1.32. The summed E-state index contributed by atoms with van der Waals surface area (Å²) in [7, 11) is 1.50. The van der Waals surface area contributed by atoms with Crippen LogP contribution in [0.1, 0.15) is 19.0 Å². The van der Waals surface area contributed by atoms with Gasteiger partial charge in [0.25, 0.3) is 0 Å². The second-order valence-corrected chi connectivity index (χ2v) is 5.47. The van der Waals surface area contributed by atoms with Crippen molar-refractivity contribution in [3.8, 4) is 0 Å². The first-order valence-electron chi connectivity index (χ1n) is 6.96. The van der Waals surface area contributed by atoms with E-state index in [2.05, 4.69) is 15.0 Å². The number of methoxy groups -OCH3 is 1. The molecule has 0 spiro atoms. The van der Waals surface area contributed by atoms with Crippen LogP contribution in [0.5, 0.6) is 0 Å². The Morgan fingerprint density at radius 3 is 2.82 bits per heavy atom. The van der Waals surface area contributed by atoms with E-state index >= 15 is 0 Å². The van der Waals surface area contributed by atoms with Crippen LogP contribution in [0, 0.1) is 0 Å². The first kappa shape index (κ1) is 15.6. The molecule has 2 N–H and O–H groups in total. The molecule has 0 unspecified atom stereocenters. The summed E-state index contributed by atoms with van der Waals surface area (Å²) in [4.78, 5) is 12.7. The molecular formula is C13H17ClN4O4. The molecule has 8 nitrogen and oxygen atoms in total. The van der Waals surface area contributed by atoms with E-state index in [1.54, 1.807) is 4.57 Å². The quantitative estimate of drug-likeness (QED) is 0.778. The van der Waals surface area contributed by atoms with Crippen LogP contribution in [0.3, 0.4) is 0 Å². The van der Waals surface area contributed by atoms with Gasteiger partial charge in [-0.1, -0.05) is 18.5 Å². The summed E-state index contributed by atoms with van der Waals surface area (Å²) >= 11 is 6.10. The molecule has 1 fully saturated rings. The number of fused-ring (bicyclic) bond motifs is 1. The molecule has 0 saturated carbocycles. The normalized spacial score (nSPS) is 28.6. The minimum absolute atomic E-state index is 0.178. The van der Waals surface area contributed by atoms with Gasteiger partial charge in [0.05, 0.1) is 12.9 Å². The van der Waals surface area contributed by atoms with Gasteiger partial charge in [0, 0.05) is 13.5 Å². The van der Waals surface area contributed by atoms with Crippen molar-refractivity contribution in [1.29, 1.82) is 0 Å². The molecule has 0 amide bonds. The molecular weight excluding hydrogens is 312 g/mol. The lowest BCUT2D eigenvalue weighted by molar-refractivity contribution is -0.0580. The molecule has 9 heteroatoms. The third-order valence-corrected chi connectivity index (χ3v) is 3.95. The van der Waals surface area contributed by atoms with Crippen LogP contribution in [0.15, 0.2) is 6.33 Å². The number of hydrogen-bond donors (Lipinski definition) is 2. The highest BCUT2D eigenvalue weighted by Crippen LogP contribution is 2.32. The van der Waals surface area contributed by atoms with E-state index in [1.165, 1.54) is 13.4 Å². The van der Waals surface area contributed by atoms with Crippen molar-refractivity contribution in [3.05, 3.63) is 17.3 Å². The molecule has 0 aliphatic carbocycles.